The summed E-state index contributed by atoms with van der Waals surface area (Å²) in [5, 5.41) is 3.43. The monoisotopic (exact) mass is 278 g/mol. The Morgan fingerprint density at radius 1 is 1.15 bits per heavy atom. The zero-order valence-electron chi connectivity index (χ0n) is 13.6. The standard InChI is InChI=1S/C17H30N2O/c1-6-19(11-12-20-5)13-17(18-4)16-9-7-15(8-10-16)14(2)3/h7-10,14,17-18H,6,11-13H2,1-5H3. The largest absolute Gasteiger partial charge is 0.383 e. The fourth-order valence-corrected chi connectivity index (χ4v) is 2.33. The number of ether oxygens (including phenoxy) is 1. The van der Waals surface area contributed by atoms with Crippen molar-refractivity contribution in [2.24, 2.45) is 0 Å². The minimum Gasteiger partial charge on any atom is -0.383 e. The Hall–Kier alpha value is -0.900. The highest BCUT2D eigenvalue weighted by atomic mass is 16.5. The molecule has 1 rings (SSSR count). The molecule has 0 aromatic heterocycles. The lowest BCUT2D eigenvalue weighted by atomic mass is 9.99. The Morgan fingerprint density at radius 2 is 1.75 bits per heavy atom. The van der Waals surface area contributed by atoms with E-state index in [2.05, 4.69) is 55.3 Å². The van der Waals surface area contributed by atoms with Crippen molar-refractivity contribution in [1.29, 1.82) is 0 Å². The van der Waals surface area contributed by atoms with Crippen LogP contribution in [0.5, 0.6) is 0 Å². The molecule has 3 heteroatoms. The first kappa shape index (κ1) is 17.2. The summed E-state index contributed by atoms with van der Waals surface area (Å²) < 4.78 is 5.18. The van der Waals surface area contributed by atoms with Crippen LogP contribution in [0.3, 0.4) is 0 Å². The molecule has 0 saturated carbocycles. The Balaban J connectivity index is 2.69. The molecule has 0 heterocycles. The third-order valence-electron chi connectivity index (χ3n) is 3.85. The van der Waals surface area contributed by atoms with Crippen molar-refractivity contribution in [3.8, 4) is 0 Å². The number of hydrogen-bond acceptors (Lipinski definition) is 3. The SMILES string of the molecule is CCN(CCOC)CC(NC)c1ccc(C(C)C)cc1. The van der Waals surface area contributed by atoms with Crippen LogP contribution >= 0.6 is 0 Å². The van der Waals surface area contributed by atoms with Gasteiger partial charge in [0.1, 0.15) is 0 Å². The first-order valence-electron chi connectivity index (χ1n) is 7.60. The van der Waals surface area contributed by atoms with Crippen molar-refractivity contribution in [2.45, 2.75) is 32.7 Å². The molecular weight excluding hydrogens is 248 g/mol. The molecule has 3 nitrogen and oxygen atoms in total. The van der Waals surface area contributed by atoms with Crippen LogP contribution < -0.4 is 5.32 Å². The summed E-state index contributed by atoms with van der Waals surface area (Å²) in [7, 11) is 3.79. The van der Waals surface area contributed by atoms with E-state index in [9.17, 15) is 0 Å². The van der Waals surface area contributed by atoms with Gasteiger partial charge in [-0.3, -0.25) is 4.90 Å². The molecule has 114 valence electrons. The molecule has 0 amide bonds. The summed E-state index contributed by atoms with van der Waals surface area (Å²) in [5.41, 5.74) is 2.75. The predicted octanol–water partition coefficient (Wildman–Crippen LogP) is 3.04. The molecule has 1 unspecified atom stereocenters. The molecular formula is C17H30N2O. The summed E-state index contributed by atoms with van der Waals surface area (Å²) in [5.74, 6) is 0.589. The van der Waals surface area contributed by atoms with Gasteiger partial charge in [0, 0.05) is 26.2 Å². The van der Waals surface area contributed by atoms with Crippen LogP contribution in [0.15, 0.2) is 24.3 Å². The lowest BCUT2D eigenvalue weighted by Gasteiger charge is -2.26. The second-order valence-electron chi connectivity index (χ2n) is 5.55. The maximum absolute atomic E-state index is 5.18. The van der Waals surface area contributed by atoms with Crippen molar-refractivity contribution in [3.05, 3.63) is 35.4 Å². The minimum absolute atomic E-state index is 0.369. The topological polar surface area (TPSA) is 24.5 Å². The summed E-state index contributed by atoms with van der Waals surface area (Å²) in [6, 6.07) is 9.36. The van der Waals surface area contributed by atoms with Gasteiger partial charge >= 0.3 is 0 Å². The van der Waals surface area contributed by atoms with E-state index in [0.29, 0.717) is 12.0 Å². The van der Waals surface area contributed by atoms with Crippen molar-refractivity contribution < 1.29 is 4.74 Å². The van der Waals surface area contributed by atoms with E-state index in [-0.39, 0.29) is 0 Å². The van der Waals surface area contributed by atoms with Gasteiger partial charge in [0.25, 0.3) is 0 Å². The second kappa shape index (κ2) is 9.11. The first-order valence-corrected chi connectivity index (χ1v) is 7.60. The van der Waals surface area contributed by atoms with Crippen LogP contribution in [0, 0.1) is 0 Å². The molecule has 0 saturated heterocycles. The van der Waals surface area contributed by atoms with Gasteiger partial charge in [-0.05, 0) is 30.6 Å². The number of rotatable bonds is 9. The number of methoxy groups -OCH3 is 1. The molecule has 0 spiro atoms. The number of nitrogens with zero attached hydrogens (tertiary/aromatic N) is 1. The van der Waals surface area contributed by atoms with Gasteiger partial charge in [-0.15, -0.1) is 0 Å². The molecule has 0 fully saturated rings. The van der Waals surface area contributed by atoms with E-state index in [1.54, 1.807) is 7.11 Å². The fourth-order valence-electron chi connectivity index (χ4n) is 2.33. The van der Waals surface area contributed by atoms with Crippen molar-refractivity contribution in [1.82, 2.24) is 10.2 Å². The average Bonchev–Trinajstić information content (AvgIpc) is 2.48. The van der Waals surface area contributed by atoms with Crippen LogP contribution in [0.25, 0.3) is 0 Å². The maximum Gasteiger partial charge on any atom is 0.0589 e. The van der Waals surface area contributed by atoms with Crippen molar-refractivity contribution in [3.63, 3.8) is 0 Å². The van der Waals surface area contributed by atoms with E-state index in [1.165, 1.54) is 11.1 Å². The lowest BCUT2D eigenvalue weighted by molar-refractivity contribution is 0.144. The third kappa shape index (κ3) is 5.23. The van der Waals surface area contributed by atoms with E-state index < -0.39 is 0 Å². The normalized spacial score (nSPS) is 13.2. The van der Waals surface area contributed by atoms with Gasteiger partial charge in [0.2, 0.25) is 0 Å². The molecule has 0 aliphatic carbocycles. The average molecular weight is 278 g/mol. The zero-order valence-corrected chi connectivity index (χ0v) is 13.6. The summed E-state index contributed by atoms with van der Waals surface area (Å²) >= 11 is 0. The molecule has 0 aliphatic heterocycles. The highest BCUT2D eigenvalue weighted by molar-refractivity contribution is 5.27. The molecule has 1 aromatic rings. The molecule has 1 atom stereocenters. The summed E-state index contributed by atoms with van der Waals surface area (Å²) in [6.07, 6.45) is 0. The third-order valence-corrected chi connectivity index (χ3v) is 3.85. The maximum atomic E-state index is 5.18. The number of hydrogen-bond donors (Lipinski definition) is 1. The predicted molar refractivity (Wildman–Crippen MR) is 86.3 cm³/mol. The van der Waals surface area contributed by atoms with E-state index in [0.717, 1.165) is 26.2 Å². The fraction of sp³-hybridized carbons (Fsp3) is 0.647. The first-order chi connectivity index (χ1) is 9.62. The van der Waals surface area contributed by atoms with Gasteiger partial charge in [-0.2, -0.15) is 0 Å². The molecule has 0 aliphatic rings. The van der Waals surface area contributed by atoms with E-state index in [1.807, 2.05) is 7.05 Å². The van der Waals surface area contributed by atoms with Gasteiger partial charge < -0.3 is 10.1 Å². The highest BCUT2D eigenvalue weighted by Gasteiger charge is 2.13. The van der Waals surface area contributed by atoms with Gasteiger partial charge in [0.05, 0.1) is 6.61 Å². The van der Waals surface area contributed by atoms with Crippen LogP contribution in [0.2, 0.25) is 0 Å². The Kier molecular flexibility index (Phi) is 7.82. The quantitative estimate of drug-likeness (QED) is 0.751. The highest BCUT2D eigenvalue weighted by Crippen LogP contribution is 2.19. The zero-order chi connectivity index (χ0) is 15.0. The Morgan fingerprint density at radius 3 is 2.20 bits per heavy atom. The van der Waals surface area contributed by atoms with Gasteiger partial charge in [-0.25, -0.2) is 0 Å². The Bertz CT molecular complexity index is 362. The summed E-state index contributed by atoms with van der Waals surface area (Å²) in [6.45, 7) is 10.5. The molecule has 0 bridgehead atoms. The smallest absolute Gasteiger partial charge is 0.0589 e. The molecule has 20 heavy (non-hydrogen) atoms. The van der Waals surface area contributed by atoms with Gasteiger partial charge in [0.15, 0.2) is 0 Å². The minimum atomic E-state index is 0.369. The van der Waals surface area contributed by atoms with Crippen molar-refractivity contribution >= 4 is 0 Å². The number of likely N-dealkylation sites (N-methyl/N-ethyl adjacent to an activating group) is 2. The van der Waals surface area contributed by atoms with Crippen LogP contribution in [-0.2, 0) is 4.74 Å². The van der Waals surface area contributed by atoms with Crippen LogP contribution in [0.1, 0.15) is 43.9 Å². The van der Waals surface area contributed by atoms with E-state index >= 15 is 0 Å². The van der Waals surface area contributed by atoms with Gasteiger partial charge in [-0.1, -0.05) is 45.0 Å². The second-order valence-corrected chi connectivity index (χ2v) is 5.55. The number of nitrogens with one attached hydrogen (secondary N) is 1. The van der Waals surface area contributed by atoms with Crippen molar-refractivity contribution in [2.75, 3.05) is 40.4 Å². The molecule has 1 N–H and O–H groups in total. The lowest BCUT2D eigenvalue weighted by Crippen LogP contribution is -2.35. The molecule has 1 aromatic carbocycles. The van der Waals surface area contributed by atoms with E-state index in [4.69, 9.17) is 4.74 Å². The number of benzene rings is 1. The van der Waals surface area contributed by atoms with Crippen LogP contribution in [-0.4, -0.2) is 45.3 Å². The Labute approximate surface area is 124 Å². The molecule has 0 radical (unpaired) electrons. The summed E-state index contributed by atoms with van der Waals surface area (Å²) in [4.78, 5) is 2.42. The van der Waals surface area contributed by atoms with Crippen LogP contribution in [0.4, 0.5) is 0 Å².